The Bertz CT molecular complexity index is 1240. The number of hydrogen-bond donors (Lipinski definition) is 0. The molecule has 1 aliphatic heterocycles. The quantitative estimate of drug-likeness (QED) is 0.556. The van der Waals surface area contributed by atoms with Gasteiger partial charge in [0.25, 0.3) is 0 Å². The summed E-state index contributed by atoms with van der Waals surface area (Å²) in [4.78, 5) is 14.8. The Kier molecular flexibility index (Phi) is 5.79. The first kappa shape index (κ1) is 22.0. The molecule has 3 aromatic carbocycles. The Morgan fingerprint density at radius 1 is 0.906 bits per heavy atom. The Hall–Kier alpha value is -3.16. The van der Waals surface area contributed by atoms with Gasteiger partial charge in [0.05, 0.1) is 4.90 Å². The van der Waals surface area contributed by atoms with Crippen molar-refractivity contribution in [3.05, 3.63) is 84.4 Å². The molecule has 1 unspecified atom stereocenters. The fraction of sp³-hybridized carbons (Fsp3) is 0.240. The van der Waals surface area contributed by atoms with Gasteiger partial charge >= 0.3 is 6.09 Å². The lowest BCUT2D eigenvalue weighted by Crippen LogP contribution is -2.46. The molecule has 4 rings (SSSR count). The first-order valence-electron chi connectivity index (χ1n) is 10.4. The third-order valence-corrected chi connectivity index (χ3v) is 7.64. The second-order valence-corrected chi connectivity index (χ2v) is 10.4. The topological polar surface area (TPSA) is 66.9 Å². The zero-order valence-electron chi connectivity index (χ0n) is 18.4. The molecule has 0 bridgehead atoms. The minimum absolute atomic E-state index is 0.224. The Labute approximate surface area is 189 Å². The summed E-state index contributed by atoms with van der Waals surface area (Å²) in [6, 6.07) is 24.1. The number of sulfonamides is 1. The van der Waals surface area contributed by atoms with Crippen molar-refractivity contribution in [1.82, 2.24) is 4.31 Å². The molecular formula is C25H26N2O4S. The fourth-order valence-corrected chi connectivity index (χ4v) is 4.79. The zero-order chi connectivity index (χ0) is 22.9. The van der Waals surface area contributed by atoms with Gasteiger partial charge in [-0.1, -0.05) is 54.6 Å². The molecule has 7 heteroatoms. The smallest absolute Gasteiger partial charge is 0.415 e. The monoisotopic (exact) mass is 450 g/mol. The van der Waals surface area contributed by atoms with E-state index in [1.807, 2.05) is 67.6 Å². The van der Waals surface area contributed by atoms with Gasteiger partial charge in [0.1, 0.15) is 5.60 Å². The largest absolute Gasteiger partial charge is 0.438 e. The van der Waals surface area contributed by atoms with Crippen LogP contribution in [0.3, 0.4) is 0 Å². The summed E-state index contributed by atoms with van der Waals surface area (Å²) in [6.07, 6.45) is 0.257. The third-order valence-electron chi connectivity index (χ3n) is 5.83. The lowest BCUT2D eigenvalue weighted by Gasteiger charge is -2.39. The second kappa shape index (κ2) is 8.41. The van der Waals surface area contributed by atoms with Crippen molar-refractivity contribution in [2.24, 2.45) is 0 Å². The number of benzene rings is 3. The Balaban J connectivity index is 1.60. The third kappa shape index (κ3) is 4.13. The normalized spacial score (nSPS) is 19.1. The van der Waals surface area contributed by atoms with Crippen LogP contribution in [0.15, 0.2) is 83.8 Å². The molecule has 1 saturated heterocycles. The highest BCUT2D eigenvalue weighted by molar-refractivity contribution is 7.89. The Morgan fingerprint density at radius 3 is 2.22 bits per heavy atom. The van der Waals surface area contributed by atoms with Crippen molar-refractivity contribution in [3.8, 4) is 11.1 Å². The molecule has 166 valence electrons. The number of nitrogens with zero attached hydrogens (tertiary/aromatic N) is 2. The van der Waals surface area contributed by atoms with Gasteiger partial charge in [0.15, 0.2) is 0 Å². The van der Waals surface area contributed by atoms with Crippen LogP contribution >= 0.6 is 0 Å². The van der Waals surface area contributed by atoms with Gasteiger partial charge in [0.2, 0.25) is 10.0 Å². The van der Waals surface area contributed by atoms with Gasteiger partial charge in [-0.25, -0.2) is 17.5 Å². The first-order valence-corrected chi connectivity index (χ1v) is 11.8. The lowest BCUT2D eigenvalue weighted by molar-refractivity contribution is 0.00582. The van der Waals surface area contributed by atoms with Crippen molar-refractivity contribution in [3.63, 3.8) is 0 Å². The van der Waals surface area contributed by atoms with E-state index >= 15 is 0 Å². The molecule has 0 aromatic heterocycles. The van der Waals surface area contributed by atoms with E-state index in [0.29, 0.717) is 18.7 Å². The number of carbonyl (C=O) groups excluding carboxylic acids is 1. The number of anilines is 1. The summed E-state index contributed by atoms with van der Waals surface area (Å²) in [6.45, 7) is 2.45. The highest BCUT2D eigenvalue weighted by Gasteiger charge is 2.38. The van der Waals surface area contributed by atoms with Crippen molar-refractivity contribution in [1.29, 1.82) is 0 Å². The zero-order valence-corrected chi connectivity index (χ0v) is 19.2. The summed E-state index contributed by atoms with van der Waals surface area (Å²) in [7, 11) is -0.522. The molecule has 0 saturated carbocycles. The van der Waals surface area contributed by atoms with Crippen LogP contribution in [0.25, 0.3) is 11.1 Å². The van der Waals surface area contributed by atoms with Crippen LogP contribution in [0.4, 0.5) is 10.5 Å². The number of ether oxygens (including phenoxy) is 1. The Morgan fingerprint density at radius 2 is 1.56 bits per heavy atom. The van der Waals surface area contributed by atoms with Crippen LogP contribution < -0.4 is 4.90 Å². The van der Waals surface area contributed by atoms with Crippen molar-refractivity contribution < 1.29 is 17.9 Å². The van der Waals surface area contributed by atoms with Crippen LogP contribution in [-0.4, -0.2) is 39.5 Å². The van der Waals surface area contributed by atoms with Crippen molar-refractivity contribution >= 4 is 21.8 Å². The average molecular weight is 451 g/mol. The van der Waals surface area contributed by atoms with E-state index in [2.05, 4.69) is 0 Å². The van der Waals surface area contributed by atoms with Gasteiger partial charge < -0.3 is 4.74 Å². The van der Waals surface area contributed by atoms with Gasteiger partial charge in [-0.2, -0.15) is 0 Å². The number of amides is 1. The molecule has 3 aromatic rings. The molecule has 0 N–H and O–H groups in total. The molecule has 1 heterocycles. The molecule has 1 amide bonds. The van der Waals surface area contributed by atoms with Crippen LogP contribution in [0.1, 0.15) is 18.9 Å². The van der Waals surface area contributed by atoms with E-state index in [0.717, 1.165) is 16.7 Å². The molecule has 0 radical (unpaired) electrons. The minimum atomic E-state index is -3.54. The van der Waals surface area contributed by atoms with Gasteiger partial charge in [0, 0.05) is 32.7 Å². The number of hydrogen-bond acceptors (Lipinski definition) is 4. The van der Waals surface area contributed by atoms with Gasteiger partial charge in [-0.15, -0.1) is 0 Å². The predicted octanol–water partition coefficient (Wildman–Crippen LogP) is 4.87. The summed E-state index contributed by atoms with van der Waals surface area (Å²) < 4.78 is 32.1. The fourth-order valence-electron chi connectivity index (χ4n) is 3.84. The molecule has 1 atom stereocenters. The molecule has 1 aliphatic rings. The van der Waals surface area contributed by atoms with Crippen molar-refractivity contribution in [2.75, 3.05) is 25.5 Å². The lowest BCUT2D eigenvalue weighted by atomic mass is 9.91. The van der Waals surface area contributed by atoms with E-state index < -0.39 is 21.7 Å². The minimum Gasteiger partial charge on any atom is -0.438 e. The van der Waals surface area contributed by atoms with Gasteiger partial charge in [-0.05, 0) is 47.9 Å². The highest BCUT2D eigenvalue weighted by Crippen LogP contribution is 2.36. The molecule has 6 nitrogen and oxygen atoms in total. The van der Waals surface area contributed by atoms with Crippen LogP contribution in [-0.2, 0) is 20.4 Å². The van der Waals surface area contributed by atoms with E-state index in [-0.39, 0.29) is 4.90 Å². The standard InChI is InChI=1S/C25H26N2O4S/c1-25(21-11-5-4-6-12-21)15-16-27(24(28)31-25)22-13-7-9-19(17-22)20-10-8-14-23(18-20)32(29,30)26(2)3/h4-14,17-18H,15-16H2,1-3H3. The predicted molar refractivity (Wildman–Crippen MR) is 125 cm³/mol. The average Bonchev–Trinajstić information content (AvgIpc) is 2.80. The summed E-state index contributed by atoms with van der Waals surface area (Å²) in [5.41, 5.74) is 2.60. The highest BCUT2D eigenvalue weighted by atomic mass is 32.2. The SMILES string of the molecule is CN(C)S(=O)(=O)c1cccc(-c2cccc(N3CCC(C)(c4ccccc4)OC3=O)c2)c1. The number of carbonyl (C=O) groups is 1. The van der Waals surface area contributed by atoms with E-state index in [1.165, 1.54) is 18.4 Å². The molecule has 1 fully saturated rings. The first-order chi connectivity index (χ1) is 15.2. The maximum absolute atomic E-state index is 12.9. The number of cyclic esters (lactones) is 1. The second-order valence-electron chi connectivity index (χ2n) is 8.23. The maximum Gasteiger partial charge on any atom is 0.415 e. The van der Waals surface area contributed by atoms with E-state index in [9.17, 15) is 13.2 Å². The van der Waals surface area contributed by atoms with E-state index in [1.54, 1.807) is 23.1 Å². The number of rotatable bonds is 5. The molecule has 0 aliphatic carbocycles. The molecule has 0 spiro atoms. The molecular weight excluding hydrogens is 424 g/mol. The summed E-state index contributed by atoms with van der Waals surface area (Å²) in [5, 5.41) is 0. The van der Waals surface area contributed by atoms with Crippen molar-refractivity contribution in [2.45, 2.75) is 23.8 Å². The molecule has 32 heavy (non-hydrogen) atoms. The van der Waals surface area contributed by atoms with E-state index in [4.69, 9.17) is 4.74 Å². The van der Waals surface area contributed by atoms with Crippen LogP contribution in [0.5, 0.6) is 0 Å². The van der Waals surface area contributed by atoms with Gasteiger partial charge in [-0.3, -0.25) is 4.90 Å². The van der Waals surface area contributed by atoms with Crippen LogP contribution in [0.2, 0.25) is 0 Å². The maximum atomic E-state index is 12.9. The van der Waals surface area contributed by atoms with Crippen LogP contribution in [0, 0.1) is 0 Å². The summed E-state index contributed by atoms with van der Waals surface area (Å²) >= 11 is 0. The summed E-state index contributed by atoms with van der Waals surface area (Å²) in [5.74, 6) is 0.